The summed E-state index contributed by atoms with van der Waals surface area (Å²) in [6.07, 6.45) is 5.10. The molecular formula is C19H24ClN5O3. The molecule has 1 amide bonds. The van der Waals surface area contributed by atoms with Crippen molar-refractivity contribution < 1.29 is 9.72 Å². The zero-order valence-corrected chi connectivity index (χ0v) is 16.6. The Kier molecular flexibility index (Phi) is 6.51. The van der Waals surface area contributed by atoms with Crippen molar-refractivity contribution in [2.24, 2.45) is 5.92 Å². The molecule has 0 spiro atoms. The quantitative estimate of drug-likeness (QED) is 0.563. The molecule has 150 valence electrons. The van der Waals surface area contributed by atoms with E-state index in [2.05, 4.69) is 22.2 Å². The topological polar surface area (TPSA) is 93.3 Å². The summed E-state index contributed by atoms with van der Waals surface area (Å²) in [5.41, 5.74) is 1.89. The maximum Gasteiger partial charge on any atom is 0.306 e. The first-order valence-electron chi connectivity index (χ1n) is 9.39. The maximum absolute atomic E-state index is 12.0. The second-order valence-electron chi connectivity index (χ2n) is 7.22. The molecule has 0 bridgehead atoms. The number of carbonyl (C=O) groups excluding carboxylic acids is 1. The van der Waals surface area contributed by atoms with E-state index in [1.54, 1.807) is 0 Å². The van der Waals surface area contributed by atoms with Crippen molar-refractivity contribution in [3.05, 3.63) is 51.3 Å². The summed E-state index contributed by atoms with van der Waals surface area (Å²) in [5.74, 6) is 0.517. The van der Waals surface area contributed by atoms with E-state index < -0.39 is 4.92 Å². The minimum Gasteiger partial charge on any atom is -0.370 e. The summed E-state index contributed by atoms with van der Waals surface area (Å²) in [5, 5.41) is 18.1. The van der Waals surface area contributed by atoms with E-state index in [0.717, 1.165) is 24.3 Å². The fourth-order valence-corrected chi connectivity index (χ4v) is 3.72. The number of nitrogens with one attached hydrogen (secondary N) is 1. The molecule has 0 unspecified atom stereocenters. The van der Waals surface area contributed by atoms with E-state index in [4.69, 9.17) is 11.6 Å². The number of nitro groups is 1. The molecule has 28 heavy (non-hydrogen) atoms. The number of benzene rings is 1. The van der Waals surface area contributed by atoms with Crippen molar-refractivity contribution in [1.29, 1.82) is 0 Å². The zero-order valence-electron chi connectivity index (χ0n) is 15.8. The Bertz CT molecular complexity index is 854. The molecule has 1 aliphatic heterocycles. The molecule has 1 aliphatic rings. The van der Waals surface area contributed by atoms with E-state index in [1.807, 2.05) is 18.2 Å². The van der Waals surface area contributed by atoms with Crippen LogP contribution in [0.4, 0.5) is 11.4 Å². The summed E-state index contributed by atoms with van der Waals surface area (Å²) in [6, 6.07) is 5.90. The lowest BCUT2D eigenvalue weighted by Crippen LogP contribution is -2.34. The van der Waals surface area contributed by atoms with Gasteiger partial charge in [-0.15, -0.1) is 0 Å². The van der Waals surface area contributed by atoms with Crippen molar-refractivity contribution in [2.75, 3.05) is 18.0 Å². The van der Waals surface area contributed by atoms with Gasteiger partial charge < -0.3 is 10.2 Å². The first-order valence-corrected chi connectivity index (χ1v) is 9.77. The fraction of sp³-hybridized carbons (Fsp3) is 0.474. The monoisotopic (exact) mass is 405 g/mol. The third-order valence-corrected chi connectivity index (χ3v) is 5.20. The van der Waals surface area contributed by atoms with E-state index in [9.17, 15) is 14.9 Å². The molecule has 1 N–H and O–H groups in total. The summed E-state index contributed by atoms with van der Waals surface area (Å²) in [7, 11) is 0. The van der Waals surface area contributed by atoms with Crippen LogP contribution in [-0.2, 0) is 17.9 Å². The Balaban J connectivity index is 1.49. The molecular weight excluding hydrogens is 382 g/mol. The lowest BCUT2D eigenvalue weighted by Gasteiger charge is -2.33. The van der Waals surface area contributed by atoms with Crippen LogP contribution in [0.3, 0.4) is 0 Å². The van der Waals surface area contributed by atoms with E-state index in [1.165, 1.54) is 29.9 Å². The van der Waals surface area contributed by atoms with Gasteiger partial charge in [-0.1, -0.05) is 24.6 Å². The zero-order chi connectivity index (χ0) is 20.1. The number of hydrogen-bond acceptors (Lipinski definition) is 5. The van der Waals surface area contributed by atoms with E-state index >= 15 is 0 Å². The number of hydrogen-bond donors (Lipinski definition) is 1. The normalized spacial score (nSPS) is 16.8. The van der Waals surface area contributed by atoms with Crippen LogP contribution >= 0.6 is 11.6 Å². The number of carbonyl (C=O) groups is 1. The van der Waals surface area contributed by atoms with Crippen LogP contribution in [0.15, 0.2) is 30.6 Å². The lowest BCUT2D eigenvalue weighted by molar-refractivity contribution is -0.385. The lowest BCUT2D eigenvalue weighted by atomic mass is 9.99. The first kappa shape index (κ1) is 20.1. The van der Waals surface area contributed by atoms with Gasteiger partial charge in [-0.3, -0.25) is 19.6 Å². The van der Waals surface area contributed by atoms with Crippen LogP contribution in [0.1, 0.15) is 31.7 Å². The molecule has 3 rings (SSSR count). The molecule has 0 aliphatic carbocycles. The van der Waals surface area contributed by atoms with Crippen LogP contribution in [0.2, 0.25) is 5.02 Å². The molecule has 1 saturated heterocycles. The minimum absolute atomic E-state index is 0.0850. The summed E-state index contributed by atoms with van der Waals surface area (Å²) in [6.45, 7) is 4.96. The Labute approximate surface area is 168 Å². The highest BCUT2D eigenvalue weighted by molar-refractivity contribution is 6.33. The average molecular weight is 406 g/mol. The second-order valence-corrected chi connectivity index (χ2v) is 7.63. The van der Waals surface area contributed by atoms with Crippen LogP contribution in [0.5, 0.6) is 0 Å². The highest BCUT2D eigenvalue weighted by Gasteiger charge is 2.18. The Morgan fingerprint density at radius 2 is 2.29 bits per heavy atom. The van der Waals surface area contributed by atoms with Crippen molar-refractivity contribution in [1.82, 2.24) is 15.1 Å². The van der Waals surface area contributed by atoms with Gasteiger partial charge in [-0.2, -0.15) is 5.10 Å². The van der Waals surface area contributed by atoms with Crippen LogP contribution in [-0.4, -0.2) is 33.7 Å². The number of anilines is 1. The summed E-state index contributed by atoms with van der Waals surface area (Å²) < 4.78 is 1.39. The summed E-state index contributed by atoms with van der Waals surface area (Å²) in [4.78, 5) is 24.5. The summed E-state index contributed by atoms with van der Waals surface area (Å²) >= 11 is 6.47. The van der Waals surface area contributed by atoms with Gasteiger partial charge in [0, 0.05) is 32.6 Å². The predicted molar refractivity (Wildman–Crippen MR) is 107 cm³/mol. The van der Waals surface area contributed by atoms with Crippen LogP contribution < -0.4 is 10.2 Å². The predicted octanol–water partition coefficient (Wildman–Crippen LogP) is 3.39. The Hall–Kier alpha value is -2.61. The molecule has 0 radical (unpaired) electrons. The largest absolute Gasteiger partial charge is 0.370 e. The van der Waals surface area contributed by atoms with Gasteiger partial charge in [0.25, 0.3) is 0 Å². The SMILES string of the molecule is C[C@@H]1CCCN(c2ccc(CNC(=O)CCn3cc([N+](=O)[O-])cn3)cc2Cl)C1. The number of aromatic nitrogens is 2. The van der Waals surface area contributed by atoms with Crippen molar-refractivity contribution >= 4 is 28.9 Å². The second kappa shape index (κ2) is 9.05. The van der Waals surface area contributed by atoms with Gasteiger partial charge in [0.1, 0.15) is 12.4 Å². The minimum atomic E-state index is -0.512. The number of aryl methyl sites for hydroxylation is 1. The van der Waals surface area contributed by atoms with Gasteiger partial charge in [-0.05, 0) is 36.5 Å². The molecule has 2 heterocycles. The molecule has 0 saturated carbocycles. The number of rotatable bonds is 7. The maximum atomic E-state index is 12.0. The molecule has 8 nitrogen and oxygen atoms in total. The fourth-order valence-electron chi connectivity index (χ4n) is 3.40. The van der Waals surface area contributed by atoms with Crippen LogP contribution in [0, 0.1) is 16.0 Å². The molecule has 1 fully saturated rings. The van der Waals surface area contributed by atoms with Crippen molar-refractivity contribution in [2.45, 2.75) is 39.3 Å². The molecule has 1 atom stereocenters. The highest BCUT2D eigenvalue weighted by atomic mass is 35.5. The first-order chi connectivity index (χ1) is 13.4. The Morgan fingerprint density at radius 1 is 1.46 bits per heavy atom. The standard InChI is InChI=1S/C19H24ClN5O3/c1-14-3-2-7-23(12-14)18-5-4-15(9-17(18)20)10-21-19(26)6-8-24-13-16(11-22-24)25(27)28/h4-5,9,11,13-14H,2-3,6-8,10,12H2,1H3,(H,21,26)/t14-/m1/s1. The van der Waals surface area contributed by atoms with Gasteiger partial charge in [0.2, 0.25) is 5.91 Å². The number of piperidine rings is 1. The Morgan fingerprint density at radius 3 is 2.96 bits per heavy atom. The number of nitrogens with zero attached hydrogens (tertiary/aromatic N) is 4. The van der Waals surface area contributed by atoms with Gasteiger partial charge >= 0.3 is 5.69 Å². The third kappa shape index (κ3) is 5.22. The smallest absolute Gasteiger partial charge is 0.306 e. The highest BCUT2D eigenvalue weighted by Crippen LogP contribution is 2.30. The van der Waals surface area contributed by atoms with Gasteiger partial charge in [-0.25, -0.2) is 0 Å². The van der Waals surface area contributed by atoms with Crippen LogP contribution in [0.25, 0.3) is 0 Å². The van der Waals surface area contributed by atoms with E-state index in [-0.39, 0.29) is 24.6 Å². The van der Waals surface area contributed by atoms with Crippen molar-refractivity contribution in [3.8, 4) is 0 Å². The van der Waals surface area contributed by atoms with E-state index in [0.29, 0.717) is 17.5 Å². The molecule has 1 aromatic heterocycles. The van der Waals surface area contributed by atoms with Gasteiger partial charge in [0.05, 0.1) is 15.6 Å². The number of halogens is 1. The third-order valence-electron chi connectivity index (χ3n) is 4.90. The van der Waals surface area contributed by atoms with Crippen molar-refractivity contribution in [3.63, 3.8) is 0 Å². The molecule has 2 aromatic rings. The number of amides is 1. The van der Waals surface area contributed by atoms with Gasteiger partial charge in [0.15, 0.2) is 0 Å². The molecule has 9 heteroatoms. The average Bonchev–Trinajstić information content (AvgIpc) is 3.14. The molecule has 1 aromatic carbocycles.